The fourth-order valence-corrected chi connectivity index (χ4v) is 14.1. The first kappa shape index (κ1) is 58.0. The molecule has 0 saturated carbocycles. The highest BCUT2D eigenvalue weighted by Crippen LogP contribution is 2.45. The van der Waals surface area contributed by atoms with Crippen molar-refractivity contribution in [3.05, 3.63) is 344 Å². The van der Waals surface area contributed by atoms with E-state index < -0.39 is 0 Å². The topological polar surface area (TPSA) is 120 Å². The quantitative estimate of drug-likeness (QED) is 0.120. The maximum absolute atomic E-state index is 10.9. The zero-order chi connectivity index (χ0) is 65.6. The molecule has 0 saturated heterocycles. The van der Waals surface area contributed by atoms with Gasteiger partial charge >= 0.3 is 0 Å². The summed E-state index contributed by atoms with van der Waals surface area (Å²) in [5, 5.41) is 36.7. The first-order chi connectivity index (χ1) is 48.4. The van der Waals surface area contributed by atoms with Gasteiger partial charge in [0.25, 0.3) is 0 Å². The molecule has 0 atom stereocenters. The molecule has 0 radical (unpaired) electrons. The molecule has 0 aliphatic heterocycles. The van der Waals surface area contributed by atoms with Crippen LogP contribution in [0.1, 0.15) is 16.7 Å². The summed E-state index contributed by atoms with van der Waals surface area (Å²) in [5.74, 6) is 1.06. The van der Waals surface area contributed by atoms with Crippen molar-refractivity contribution in [2.45, 2.75) is 0 Å². The lowest BCUT2D eigenvalue weighted by molar-refractivity contribution is 1.07. The molecule has 14 aromatic carbocycles. The minimum absolute atomic E-state index is 0.347. The summed E-state index contributed by atoms with van der Waals surface area (Å²) in [6.07, 6.45) is 0. The second kappa shape index (κ2) is 24.6. The Labute approximate surface area is 566 Å². The van der Waals surface area contributed by atoms with Crippen LogP contribution in [0.25, 0.3) is 167 Å². The van der Waals surface area contributed by atoms with E-state index in [0.29, 0.717) is 62.0 Å². The Balaban J connectivity index is 0.947. The number of aromatic nitrogens is 5. The van der Waals surface area contributed by atoms with Crippen LogP contribution in [0.15, 0.2) is 328 Å². The second-order valence-corrected chi connectivity index (χ2v) is 24.4. The van der Waals surface area contributed by atoms with Crippen LogP contribution in [0.5, 0.6) is 0 Å². The Morgan fingerprint density at radius 3 is 0.878 bits per heavy atom. The summed E-state index contributed by atoms with van der Waals surface area (Å²) in [4.78, 5) is 16.9. The predicted molar refractivity (Wildman–Crippen MR) is 397 cm³/mol. The van der Waals surface area contributed by atoms with Gasteiger partial charge in [-0.15, -0.1) is 0 Å². The van der Waals surface area contributed by atoms with Gasteiger partial charge in [-0.3, -0.25) is 0 Å². The lowest BCUT2D eigenvalue weighted by Crippen LogP contribution is -2.04. The number of nitriles is 3. The fourth-order valence-electron chi connectivity index (χ4n) is 14.1. The molecule has 0 N–H and O–H groups in total. The fraction of sp³-hybridized carbons (Fsp3) is 0. The standard InChI is InChI=1S/C90H54N8/c91-55-68-28-13-16-33-73(68)66-31-19-32-67(48-66)88-94-89(82-53-71(40-42-76(82)74-34-17-14-29-69(74)56-92)97-84-44-36-62(58-20-5-1-6-21-58)49-78(84)79-50-63(37-45-85(79)97)59-22-7-2-8-23-59)96-90(95-88)83-54-72(41-43-77(83)75-35-18-15-30-70(75)57-93)98-86-46-38-64(60-24-9-3-10-25-60)51-80(86)81-52-65(39-47-87(81)98)61-26-11-4-12-27-61/h1-54H. The Bertz CT molecular complexity index is 5630. The Morgan fingerprint density at radius 2 is 0.510 bits per heavy atom. The van der Waals surface area contributed by atoms with Crippen LogP contribution in [0.3, 0.4) is 0 Å². The molecule has 0 aliphatic carbocycles. The minimum Gasteiger partial charge on any atom is -0.309 e. The molecule has 0 amide bonds. The average molecular weight is 1250 g/mol. The minimum atomic E-state index is 0.347. The molecule has 0 unspecified atom stereocenters. The molecule has 8 heteroatoms. The summed E-state index contributed by atoms with van der Waals surface area (Å²) >= 11 is 0. The van der Waals surface area contributed by atoms with E-state index in [9.17, 15) is 15.8 Å². The molecule has 17 aromatic rings. The zero-order valence-electron chi connectivity index (χ0n) is 52.8. The van der Waals surface area contributed by atoms with E-state index in [0.717, 1.165) is 122 Å². The van der Waals surface area contributed by atoms with Crippen molar-refractivity contribution in [2.24, 2.45) is 0 Å². The third-order valence-corrected chi connectivity index (χ3v) is 18.8. The van der Waals surface area contributed by atoms with Gasteiger partial charge in [-0.2, -0.15) is 15.8 Å². The van der Waals surface area contributed by atoms with E-state index in [1.807, 2.05) is 121 Å². The van der Waals surface area contributed by atoms with Crippen molar-refractivity contribution in [2.75, 3.05) is 0 Å². The van der Waals surface area contributed by atoms with Crippen molar-refractivity contribution >= 4 is 43.6 Å². The van der Waals surface area contributed by atoms with Crippen LogP contribution >= 0.6 is 0 Å². The first-order valence-electron chi connectivity index (χ1n) is 32.5. The molecule has 17 rings (SSSR count). The van der Waals surface area contributed by atoms with Crippen molar-refractivity contribution in [3.63, 3.8) is 0 Å². The maximum Gasteiger partial charge on any atom is 0.164 e. The molecular formula is C90H54N8. The molecule has 0 spiro atoms. The molecule has 3 aromatic heterocycles. The number of hydrogen-bond donors (Lipinski definition) is 0. The number of hydrogen-bond acceptors (Lipinski definition) is 6. The Morgan fingerprint density at radius 1 is 0.204 bits per heavy atom. The van der Waals surface area contributed by atoms with Crippen molar-refractivity contribution in [3.8, 4) is 142 Å². The van der Waals surface area contributed by atoms with Gasteiger partial charge in [-0.25, -0.2) is 15.0 Å². The van der Waals surface area contributed by atoms with Gasteiger partial charge in [0.05, 0.1) is 57.0 Å². The van der Waals surface area contributed by atoms with E-state index in [2.05, 4.69) is 234 Å². The van der Waals surface area contributed by atoms with Gasteiger partial charge < -0.3 is 9.13 Å². The SMILES string of the molecule is N#Cc1ccccc1-c1cccc(-c2nc(-c3cc(-n4c5ccc(-c6ccccc6)cc5c5cc(-c6ccccc6)ccc54)ccc3-c3ccccc3C#N)nc(-c3cc(-n4c5ccc(-c6ccccc6)cc5c5cc(-c6ccccc6)ccc54)ccc3-c3ccccc3C#N)n2)c1. The summed E-state index contributed by atoms with van der Waals surface area (Å²) in [6, 6.07) is 120. The van der Waals surface area contributed by atoms with E-state index in [1.54, 1.807) is 0 Å². The lowest BCUT2D eigenvalue weighted by atomic mass is 9.93. The van der Waals surface area contributed by atoms with E-state index in [-0.39, 0.29) is 0 Å². The highest BCUT2D eigenvalue weighted by molar-refractivity contribution is 6.13. The van der Waals surface area contributed by atoms with Crippen LogP contribution in [-0.4, -0.2) is 24.1 Å². The lowest BCUT2D eigenvalue weighted by Gasteiger charge is -2.18. The van der Waals surface area contributed by atoms with Crippen LogP contribution in [0.4, 0.5) is 0 Å². The number of nitrogens with zero attached hydrogens (tertiary/aromatic N) is 8. The largest absolute Gasteiger partial charge is 0.309 e. The van der Waals surface area contributed by atoms with Gasteiger partial charge in [-0.05, 0) is 164 Å². The highest BCUT2D eigenvalue weighted by Gasteiger charge is 2.25. The molecule has 8 nitrogen and oxygen atoms in total. The summed E-state index contributed by atoms with van der Waals surface area (Å²) in [7, 11) is 0. The Hall–Kier alpha value is -13.8. The van der Waals surface area contributed by atoms with Crippen molar-refractivity contribution in [1.29, 1.82) is 15.8 Å². The van der Waals surface area contributed by atoms with Crippen molar-refractivity contribution in [1.82, 2.24) is 24.1 Å². The van der Waals surface area contributed by atoms with E-state index in [4.69, 9.17) is 15.0 Å². The first-order valence-corrected chi connectivity index (χ1v) is 32.5. The van der Waals surface area contributed by atoms with Gasteiger partial charge in [0.1, 0.15) is 0 Å². The smallest absolute Gasteiger partial charge is 0.164 e. The monoisotopic (exact) mass is 1250 g/mol. The second-order valence-electron chi connectivity index (χ2n) is 24.4. The number of benzene rings is 14. The van der Waals surface area contributed by atoms with E-state index >= 15 is 0 Å². The van der Waals surface area contributed by atoms with Crippen LogP contribution in [-0.2, 0) is 0 Å². The zero-order valence-corrected chi connectivity index (χ0v) is 52.8. The molecule has 3 heterocycles. The Kier molecular flexibility index (Phi) is 14.5. The molecule has 98 heavy (non-hydrogen) atoms. The van der Waals surface area contributed by atoms with Crippen molar-refractivity contribution < 1.29 is 0 Å². The predicted octanol–water partition coefficient (Wildman–Crippen LogP) is 22.4. The summed E-state index contributed by atoms with van der Waals surface area (Å²) in [6.45, 7) is 0. The van der Waals surface area contributed by atoms with Crippen LogP contribution < -0.4 is 0 Å². The average Bonchev–Trinajstić information content (AvgIpc) is 1.54. The van der Waals surface area contributed by atoms with Gasteiger partial charge in [-0.1, -0.05) is 231 Å². The van der Waals surface area contributed by atoms with Crippen LogP contribution in [0.2, 0.25) is 0 Å². The third-order valence-electron chi connectivity index (χ3n) is 18.8. The molecule has 0 fully saturated rings. The van der Waals surface area contributed by atoms with Gasteiger partial charge in [0.15, 0.2) is 17.5 Å². The molecule has 0 aliphatic rings. The van der Waals surface area contributed by atoms with Gasteiger partial charge in [0.2, 0.25) is 0 Å². The van der Waals surface area contributed by atoms with Crippen LogP contribution in [0, 0.1) is 34.0 Å². The third kappa shape index (κ3) is 10.3. The number of rotatable bonds is 12. The summed E-state index contributed by atoms with van der Waals surface area (Å²) < 4.78 is 4.63. The van der Waals surface area contributed by atoms with E-state index in [1.165, 1.54) is 0 Å². The van der Waals surface area contributed by atoms with Gasteiger partial charge in [0, 0.05) is 60.7 Å². The molecule has 454 valence electrons. The molecular weight excluding hydrogens is 1190 g/mol. The molecule has 0 bridgehead atoms. The summed E-state index contributed by atoms with van der Waals surface area (Å²) in [5.41, 5.74) is 22.6. The normalized spacial score (nSPS) is 11.2. The maximum atomic E-state index is 10.9. The highest BCUT2D eigenvalue weighted by atomic mass is 15.0. The number of fused-ring (bicyclic) bond motifs is 6.